The number of aromatic nitrogens is 2. The van der Waals surface area contributed by atoms with Gasteiger partial charge in [0, 0.05) is 11.8 Å². The van der Waals surface area contributed by atoms with Gasteiger partial charge in [-0.05, 0) is 31.2 Å². The fourth-order valence-electron chi connectivity index (χ4n) is 2.47. The average Bonchev–Trinajstić information content (AvgIpc) is 2.96. The highest BCUT2D eigenvalue weighted by Crippen LogP contribution is 2.16. The van der Waals surface area contributed by atoms with Crippen molar-refractivity contribution in [2.45, 2.75) is 6.92 Å². The predicted molar refractivity (Wildman–Crippen MR) is 97.1 cm³/mol. The normalized spacial score (nSPS) is 10.9. The molecule has 0 fully saturated rings. The lowest BCUT2D eigenvalue weighted by Gasteiger charge is -2.06. The van der Waals surface area contributed by atoms with E-state index in [0.717, 1.165) is 11.2 Å². The van der Waals surface area contributed by atoms with E-state index in [0.29, 0.717) is 23.7 Å². The number of benzene rings is 1. The Morgan fingerprint density at radius 1 is 1.32 bits per heavy atom. The van der Waals surface area contributed by atoms with Crippen molar-refractivity contribution in [2.75, 3.05) is 6.61 Å². The van der Waals surface area contributed by atoms with Gasteiger partial charge in [-0.25, -0.2) is 10.4 Å². The Labute approximate surface area is 145 Å². The van der Waals surface area contributed by atoms with Crippen LogP contribution in [0.15, 0.2) is 66.4 Å². The molecule has 1 aromatic carbocycles. The van der Waals surface area contributed by atoms with Crippen LogP contribution in [-0.2, 0) is 0 Å². The van der Waals surface area contributed by atoms with Crippen molar-refractivity contribution in [3.05, 3.63) is 78.3 Å². The van der Waals surface area contributed by atoms with Crippen molar-refractivity contribution < 1.29 is 9.53 Å². The quantitative estimate of drug-likeness (QED) is 0.428. The van der Waals surface area contributed by atoms with Crippen LogP contribution in [0, 0.1) is 6.92 Å². The summed E-state index contributed by atoms with van der Waals surface area (Å²) in [6.07, 6.45) is 5.02. The Kier molecular flexibility index (Phi) is 4.89. The number of fused-ring (bicyclic) bond motifs is 1. The average molecular weight is 334 g/mol. The molecule has 0 saturated carbocycles. The van der Waals surface area contributed by atoms with Gasteiger partial charge in [0.2, 0.25) is 0 Å². The maximum atomic E-state index is 12.5. The third-order valence-corrected chi connectivity index (χ3v) is 3.56. The van der Waals surface area contributed by atoms with Crippen LogP contribution < -0.4 is 10.2 Å². The van der Waals surface area contributed by atoms with Crippen LogP contribution in [0.5, 0.6) is 5.75 Å². The monoisotopic (exact) mass is 334 g/mol. The molecular formula is C19H18N4O2. The van der Waals surface area contributed by atoms with Gasteiger partial charge in [-0.15, -0.1) is 0 Å². The van der Waals surface area contributed by atoms with E-state index < -0.39 is 0 Å². The summed E-state index contributed by atoms with van der Waals surface area (Å²) in [6, 6.07) is 13.0. The van der Waals surface area contributed by atoms with Crippen LogP contribution in [0.3, 0.4) is 0 Å². The molecule has 6 nitrogen and oxygen atoms in total. The molecule has 25 heavy (non-hydrogen) atoms. The van der Waals surface area contributed by atoms with Gasteiger partial charge in [0.1, 0.15) is 23.7 Å². The van der Waals surface area contributed by atoms with Crippen LogP contribution in [0.4, 0.5) is 0 Å². The first-order valence-electron chi connectivity index (χ1n) is 7.80. The first-order chi connectivity index (χ1) is 12.2. The van der Waals surface area contributed by atoms with Gasteiger partial charge in [0.15, 0.2) is 0 Å². The number of nitrogens with zero attached hydrogens (tertiary/aromatic N) is 3. The lowest BCUT2D eigenvalue weighted by molar-refractivity contribution is 0.0948. The summed E-state index contributed by atoms with van der Waals surface area (Å²) in [5.41, 5.74) is 5.14. The number of rotatable bonds is 6. The maximum absolute atomic E-state index is 12.5. The highest BCUT2D eigenvalue weighted by molar-refractivity contribution is 5.95. The topological polar surface area (TPSA) is 68.0 Å². The number of hydrogen-bond acceptors (Lipinski definition) is 4. The van der Waals surface area contributed by atoms with E-state index in [4.69, 9.17) is 4.74 Å². The van der Waals surface area contributed by atoms with E-state index in [1.54, 1.807) is 29.8 Å². The molecule has 0 unspecified atom stereocenters. The third-order valence-electron chi connectivity index (χ3n) is 3.56. The van der Waals surface area contributed by atoms with Crippen LogP contribution in [0.1, 0.15) is 21.7 Å². The molecular weight excluding hydrogens is 316 g/mol. The summed E-state index contributed by atoms with van der Waals surface area (Å²) in [4.78, 5) is 16.8. The zero-order valence-electron chi connectivity index (χ0n) is 13.8. The van der Waals surface area contributed by atoms with Gasteiger partial charge in [-0.1, -0.05) is 30.9 Å². The molecule has 0 aliphatic carbocycles. The smallest absolute Gasteiger partial charge is 0.290 e. The summed E-state index contributed by atoms with van der Waals surface area (Å²) in [5.74, 6) is 0.350. The van der Waals surface area contributed by atoms with Crippen LogP contribution in [0.25, 0.3) is 5.65 Å². The zero-order chi connectivity index (χ0) is 17.6. The second kappa shape index (κ2) is 7.44. The molecule has 3 aromatic rings. The lowest BCUT2D eigenvalue weighted by Crippen LogP contribution is -2.20. The van der Waals surface area contributed by atoms with E-state index in [1.807, 2.05) is 42.5 Å². The molecule has 0 aliphatic heterocycles. The Morgan fingerprint density at radius 2 is 2.12 bits per heavy atom. The van der Waals surface area contributed by atoms with Crippen LogP contribution in [-0.4, -0.2) is 28.1 Å². The number of carbonyl (C=O) groups excluding carboxylic acids is 1. The molecule has 0 saturated heterocycles. The highest BCUT2D eigenvalue weighted by atomic mass is 16.5. The molecule has 1 N–H and O–H groups in total. The predicted octanol–water partition coefficient (Wildman–Crippen LogP) is 2.97. The first kappa shape index (κ1) is 16.4. The fourth-order valence-corrected chi connectivity index (χ4v) is 2.47. The molecule has 1 amide bonds. The van der Waals surface area contributed by atoms with Gasteiger partial charge in [-0.2, -0.15) is 5.10 Å². The SMILES string of the molecule is C=CCOc1ccccc1/C=N\NC(=O)c1c(C)nc2ccccn12. The second-order valence-electron chi connectivity index (χ2n) is 5.31. The summed E-state index contributed by atoms with van der Waals surface area (Å²) in [5, 5.41) is 4.04. The Balaban J connectivity index is 1.77. The fraction of sp³-hybridized carbons (Fsp3) is 0.105. The van der Waals surface area contributed by atoms with Crippen LogP contribution >= 0.6 is 0 Å². The number of aryl methyl sites for hydroxylation is 1. The number of hydrogen-bond donors (Lipinski definition) is 1. The number of carbonyl (C=O) groups is 1. The summed E-state index contributed by atoms with van der Waals surface area (Å²) in [6.45, 7) is 5.83. The van der Waals surface area contributed by atoms with Gasteiger partial charge in [0.05, 0.1) is 11.9 Å². The lowest BCUT2D eigenvalue weighted by atomic mass is 10.2. The minimum atomic E-state index is -0.322. The van der Waals surface area contributed by atoms with E-state index >= 15 is 0 Å². The van der Waals surface area contributed by atoms with E-state index in [-0.39, 0.29) is 5.91 Å². The van der Waals surface area contributed by atoms with Gasteiger partial charge in [-0.3, -0.25) is 9.20 Å². The number of pyridine rings is 1. The van der Waals surface area contributed by atoms with Gasteiger partial charge in [0.25, 0.3) is 5.91 Å². The molecule has 2 aromatic heterocycles. The third kappa shape index (κ3) is 3.58. The molecule has 0 bridgehead atoms. The highest BCUT2D eigenvalue weighted by Gasteiger charge is 2.15. The molecule has 0 radical (unpaired) electrons. The number of para-hydroxylation sites is 1. The van der Waals surface area contributed by atoms with Crippen molar-refractivity contribution in [3.8, 4) is 5.75 Å². The summed E-state index contributed by atoms with van der Waals surface area (Å²) >= 11 is 0. The summed E-state index contributed by atoms with van der Waals surface area (Å²) < 4.78 is 7.29. The molecule has 2 heterocycles. The van der Waals surface area contributed by atoms with Crippen molar-refractivity contribution in [2.24, 2.45) is 5.10 Å². The molecule has 0 spiro atoms. The molecule has 0 atom stereocenters. The Hall–Kier alpha value is -3.41. The number of hydrazone groups is 1. The number of ether oxygens (including phenoxy) is 1. The van der Waals surface area contributed by atoms with Crippen molar-refractivity contribution in [1.82, 2.24) is 14.8 Å². The zero-order valence-corrected chi connectivity index (χ0v) is 13.8. The van der Waals surface area contributed by atoms with E-state index in [2.05, 4.69) is 22.1 Å². The number of imidazole rings is 1. The Bertz CT molecular complexity index is 944. The van der Waals surface area contributed by atoms with Crippen molar-refractivity contribution >= 4 is 17.8 Å². The minimum Gasteiger partial charge on any atom is -0.489 e. The standard InChI is InChI=1S/C19H18N4O2/c1-3-12-25-16-9-5-4-8-15(16)13-20-22-19(24)18-14(2)21-17-10-6-7-11-23(17)18/h3-11,13H,1,12H2,2H3,(H,22,24)/b20-13-. The van der Waals surface area contributed by atoms with E-state index in [1.165, 1.54) is 0 Å². The Morgan fingerprint density at radius 3 is 2.96 bits per heavy atom. The molecule has 3 rings (SSSR count). The molecule has 126 valence electrons. The minimum absolute atomic E-state index is 0.322. The first-order valence-corrected chi connectivity index (χ1v) is 7.80. The van der Waals surface area contributed by atoms with Crippen LogP contribution in [0.2, 0.25) is 0 Å². The van der Waals surface area contributed by atoms with Gasteiger partial charge >= 0.3 is 0 Å². The molecule has 0 aliphatic rings. The molecule has 6 heteroatoms. The van der Waals surface area contributed by atoms with E-state index in [9.17, 15) is 4.79 Å². The summed E-state index contributed by atoms with van der Waals surface area (Å²) in [7, 11) is 0. The maximum Gasteiger partial charge on any atom is 0.290 e. The van der Waals surface area contributed by atoms with Crippen molar-refractivity contribution in [1.29, 1.82) is 0 Å². The largest absolute Gasteiger partial charge is 0.489 e. The number of nitrogens with one attached hydrogen (secondary N) is 1. The second-order valence-corrected chi connectivity index (χ2v) is 5.31. The number of amides is 1. The van der Waals surface area contributed by atoms with Crippen molar-refractivity contribution in [3.63, 3.8) is 0 Å². The van der Waals surface area contributed by atoms with Gasteiger partial charge < -0.3 is 4.74 Å².